The number of amides is 1. The molecule has 0 aromatic heterocycles. The van der Waals surface area contributed by atoms with Crippen molar-refractivity contribution in [3.05, 3.63) is 12.2 Å². The monoisotopic (exact) mass is 710 g/mol. The molecule has 6 nitrogen and oxygen atoms in total. The SMILES string of the molecule is C=C(C)[C@@H]1CC[C@]2(C(=O)NCCCCCCCCCCCC(=O)OC)CC[C@]3(C)[C@H](CCC4[C@@]5(C)CC[C@H](OC(C)=O)C(C)(C)[C@@H]5CC[C@]43C)[C@@H]12. The number of fused-ring (bicyclic) bond motifs is 7. The fourth-order valence-electron chi connectivity index (χ4n) is 14.0. The second-order valence-corrected chi connectivity index (χ2v) is 19.6. The van der Waals surface area contributed by atoms with Gasteiger partial charge in [0.2, 0.25) is 5.91 Å². The van der Waals surface area contributed by atoms with Crippen molar-refractivity contribution in [1.29, 1.82) is 0 Å². The van der Waals surface area contributed by atoms with Crippen molar-refractivity contribution < 1.29 is 23.9 Å². The minimum atomic E-state index is -0.254. The normalized spacial score (nSPS) is 39.5. The second kappa shape index (κ2) is 15.9. The molecule has 1 N–H and O–H groups in total. The molecule has 5 fully saturated rings. The molecule has 0 heterocycles. The smallest absolute Gasteiger partial charge is 0.305 e. The zero-order chi connectivity index (χ0) is 37.2. The lowest BCUT2D eigenvalue weighted by molar-refractivity contribution is -0.248. The maximum Gasteiger partial charge on any atom is 0.305 e. The van der Waals surface area contributed by atoms with Gasteiger partial charge in [0.1, 0.15) is 6.10 Å². The number of carbonyl (C=O) groups is 3. The van der Waals surface area contributed by atoms with Crippen LogP contribution in [0.1, 0.15) is 177 Å². The van der Waals surface area contributed by atoms with Crippen LogP contribution in [0.25, 0.3) is 0 Å². The van der Waals surface area contributed by atoms with Crippen LogP contribution in [0.2, 0.25) is 0 Å². The molecule has 0 aliphatic heterocycles. The Morgan fingerprint density at radius 2 is 1.35 bits per heavy atom. The maximum absolute atomic E-state index is 14.4. The first-order valence-corrected chi connectivity index (χ1v) is 21.3. The first kappa shape index (κ1) is 40.3. The molecule has 0 spiro atoms. The summed E-state index contributed by atoms with van der Waals surface area (Å²) in [7, 11) is 1.46. The highest BCUT2D eigenvalue weighted by atomic mass is 16.5. The summed E-state index contributed by atoms with van der Waals surface area (Å²) in [6.07, 6.45) is 22.3. The van der Waals surface area contributed by atoms with Crippen LogP contribution in [-0.4, -0.2) is 37.6 Å². The number of methoxy groups -OCH3 is 1. The Balaban J connectivity index is 1.20. The van der Waals surface area contributed by atoms with Gasteiger partial charge in [-0.15, -0.1) is 0 Å². The molecule has 0 aromatic rings. The minimum Gasteiger partial charge on any atom is -0.469 e. The Morgan fingerprint density at radius 3 is 1.98 bits per heavy atom. The highest BCUT2D eigenvalue weighted by Gasteiger charge is 2.72. The number of unbranched alkanes of at least 4 members (excludes halogenated alkanes) is 8. The van der Waals surface area contributed by atoms with Crippen LogP contribution in [0.3, 0.4) is 0 Å². The van der Waals surface area contributed by atoms with Gasteiger partial charge >= 0.3 is 11.9 Å². The quantitative estimate of drug-likeness (QED) is 0.104. The van der Waals surface area contributed by atoms with Crippen LogP contribution < -0.4 is 5.32 Å². The summed E-state index contributed by atoms with van der Waals surface area (Å²) in [6, 6.07) is 0. The summed E-state index contributed by atoms with van der Waals surface area (Å²) >= 11 is 0. The Bertz CT molecular complexity index is 1270. The molecule has 0 saturated heterocycles. The van der Waals surface area contributed by atoms with Crippen molar-refractivity contribution in [2.24, 2.45) is 56.7 Å². The lowest BCUT2D eigenvalue weighted by Gasteiger charge is -2.72. The van der Waals surface area contributed by atoms with Crippen LogP contribution in [0.5, 0.6) is 0 Å². The van der Waals surface area contributed by atoms with Crippen molar-refractivity contribution in [3.63, 3.8) is 0 Å². The zero-order valence-electron chi connectivity index (χ0n) is 34.1. The summed E-state index contributed by atoms with van der Waals surface area (Å²) in [6.45, 7) is 21.8. The van der Waals surface area contributed by atoms with Crippen molar-refractivity contribution in [2.75, 3.05) is 13.7 Å². The van der Waals surface area contributed by atoms with E-state index in [-0.39, 0.29) is 45.1 Å². The molecule has 0 aromatic carbocycles. The van der Waals surface area contributed by atoms with E-state index in [0.29, 0.717) is 41.9 Å². The molecule has 0 radical (unpaired) electrons. The number of allylic oxidation sites excluding steroid dienone is 1. The van der Waals surface area contributed by atoms with Crippen molar-refractivity contribution in [1.82, 2.24) is 5.32 Å². The molecule has 51 heavy (non-hydrogen) atoms. The Labute approximate surface area is 311 Å². The average Bonchev–Trinajstić information content (AvgIpc) is 3.48. The number of nitrogens with one attached hydrogen (secondary N) is 1. The summed E-state index contributed by atoms with van der Waals surface area (Å²) < 4.78 is 10.7. The highest BCUT2D eigenvalue weighted by molar-refractivity contribution is 5.84. The van der Waals surface area contributed by atoms with Gasteiger partial charge < -0.3 is 14.8 Å². The molecule has 5 aliphatic rings. The second-order valence-electron chi connectivity index (χ2n) is 19.6. The number of hydrogen-bond donors (Lipinski definition) is 1. The summed E-state index contributed by atoms with van der Waals surface area (Å²) in [5.74, 6) is 2.68. The predicted octanol–water partition coefficient (Wildman–Crippen LogP) is 10.8. The molecule has 10 atom stereocenters. The maximum atomic E-state index is 14.4. The number of ether oxygens (including phenoxy) is 2. The third-order valence-electron chi connectivity index (χ3n) is 16.8. The van der Waals surface area contributed by atoms with Gasteiger partial charge in [0.25, 0.3) is 0 Å². The highest BCUT2D eigenvalue weighted by Crippen LogP contribution is 2.77. The van der Waals surface area contributed by atoms with E-state index in [2.05, 4.69) is 53.4 Å². The van der Waals surface area contributed by atoms with Gasteiger partial charge in [-0.1, -0.05) is 91.7 Å². The molecule has 1 amide bonds. The van der Waals surface area contributed by atoms with Gasteiger partial charge in [-0.2, -0.15) is 0 Å². The van der Waals surface area contributed by atoms with E-state index in [0.717, 1.165) is 64.3 Å². The van der Waals surface area contributed by atoms with Crippen molar-refractivity contribution in [3.8, 4) is 0 Å². The number of carbonyl (C=O) groups excluding carboxylic acids is 3. The van der Waals surface area contributed by atoms with Crippen LogP contribution in [0.15, 0.2) is 12.2 Å². The molecule has 6 heteroatoms. The van der Waals surface area contributed by atoms with E-state index in [1.807, 2.05) is 0 Å². The van der Waals surface area contributed by atoms with E-state index in [4.69, 9.17) is 9.47 Å². The van der Waals surface area contributed by atoms with Crippen LogP contribution >= 0.6 is 0 Å². The molecule has 5 saturated carbocycles. The van der Waals surface area contributed by atoms with E-state index in [1.54, 1.807) is 6.92 Å². The Hall–Kier alpha value is -1.85. The third kappa shape index (κ3) is 7.35. The minimum absolute atomic E-state index is 0.00863. The van der Waals surface area contributed by atoms with Gasteiger partial charge in [-0.05, 0) is 130 Å². The van der Waals surface area contributed by atoms with Gasteiger partial charge in [-0.3, -0.25) is 14.4 Å². The average molecular weight is 710 g/mol. The van der Waals surface area contributed by atoms with E-state index >= 15 is 0 Å². The summed E-state index contributed by atoms with van der Waals surface area (Å²) in [4.78, 5) is 37.8. The van der Waals surface area contributed by atoms with E-state index < -0.39 is 0 Å². The predicted molar refractivity (Wildman–Crippen MR) is 206 cm³/mol. The standard InChI is InChI=1S/C45H75NO5/c1-31(2)33-22-27-45(40(49)46-30-18-16-14-12-10-11-13-15-17-19-38(48)50-9)29-28-43(7)34(39(33)45)20-21-36-42(6)25-24-37(51-32(3)47)41(4,5)35(42)23-26-44(36,43)8/h33-37,39H,1,10-30H2,2-9H3,(H,46,49)/t33-,34+,35-,36?,37-,39+,42-,43+,44+,45-/m0/s1. The fourth-order valence-corrected chi connectivity index (χ4v) is 14.0. The largest absolute Gasteiger partial charge is 0.469 e. The number of esters is 2. The van der Waals surface area contributed by atoms with Crippen LogP contribution in [0, 0.1) is 56.7 Å². The first-order chi connectivity index (χ1) is 24.1. The Morgan fingerprint density at radius 1 is 0.706 bits per heavy atom. The molecule has 5 rings (SSSR count). The first-order valence-electron chi connectivity index (χ1n) is 21.3. The molecule has 0 bridgehead atoms. The number of rotatable bonds is 15. The van der Waals surface area contributed by atoms with Crippen LogP contribution in [-0.2, 0) is 23.9 Å². The van der Waals surface area contributed by atoms with Gasteiger partial charge in [-0.25, -0.2) is 0 Å². The molecule has 290 valence electrons. The Kier molecular flexibility index (Phi) is 12.5. The summed E-state index contributed by atoms with van der Waals surface area (Å²) in [5, 5.41) is 3.51. The fraction of sp³-hybridized carbons (Fsp3) is 0.889. The van der Waals surface area contributed by atoms with E-state index in [9.17, 15) is 14.4 Å². The van der Waals surface area contributed by atoms with Gasteiger partial charge in [0, 0.05) is 25.3 Å². The van der Waals surface area contributed by atoms with Gasteiger partial charge in [0.05, 0.1) is 12.5 Å². The third-order valence-corrected chi connectivity index (χ3v) is 16.8. The molecular weight excluding hydrogens is 634 g/mol. The molecular formula is C45H75NO5. The lowest BCUT2D eigenvalue weighted by Crippen LogP contribution is -2.67. The number of hydrogen-bond acceptors (Lipinski definition) is 5. The van der Waals surface area contributed by atoms with E-state index in [1.165, 1.54) is 76.9 Å². The van der Waals surface area contributed by atoms with Gasteiger partial charge in [0.15, 0.2) is 0 Å². The summed E-state index contributed by atoms with van der Waals surface area (Å²) in [5.41, 5.74) is 1.68. The van der Waals surface area contributed by atoms with Crippen molar-refractivity contribution >= 4 is 17.8 Å². The van der Waals surface area contributed by atoms with Crippen molar-refractivity contribution in [2.45, 2.75) is 183 Å². The van der Waals surface area contributed by atoms with Crippen LogP contribution in [0.4, 0.5) is 0 Å². The topological polar surface area (TPSA) is 81.7 Å². The molecule has 5 aliphatic carbocycles. The zero-order valence-corrected chi connectivity index (χ0v) is 34.1. The molecule has 1 unspecified atom stereocenters. The lowest BCUT2D eigenvalue weighted by atomic mass is 9.32.